The van der Waals surface area contributed by atoms with Gasteiger partial charge in [0.25, 0.3) is 0 Å². The van der Waals surface area contributed by atoms with Gasteiger partial charge >= 0.3 is 0 Å². The van der Waals surface area contributed by atoms with Gasteiger partial charge in [-0.25, -0.2) is 8.42 Å². The van der Waals surface area contributed by atoms with Crippen LogP contribution in [0.4, 0.5) is 5.69 Å². The van der Waals surface area contributed by atoms with E-state index in [9.17, 15) is 8.42 Å². The summed E-state index contributed by atoms with van der Waals surface area (Å²) in [7, 11) is -1.79. The van der Waals surface area contributed by atoms with Crippen LogP contribution in [0.5, 0.6) is 5.75 Å². The minimum Gasteiger partial charge on any atom is -0.497 e. The molecular weight excluding hydrogens is 332 g/mol. The first kappa shape index (κ1) is 16.3. The monoisotopic (exact) mass is 350 g/mol. The van der Waals surface area contributed by atoms with Crippen molar-refractivity contribution in [3.05, 3.63) is 22.7 Å². The number of hydrogen-bond donors (Lipinski definition) is 2. The average molecular weight is 351 g/mol. The standard InChI is InChI=1S/C12H19BrN2O3S/c1-3-14-5-4-6-19(16,17)15-11-7-10(13)8-12(9-11)18-2/h7-9,14-15H,3-6H2,1-2H3. The Morgan fingerprint density at radius 2 is 2.05 bits per heavy atom. The first-order valence-corrected chi connectivity index (χ1v) is 8.47. The van der Waals surface area contributed by atoms with Crippen LogP contribution in [0.2, 0.25) is 0 Å². The Morgan fingerprint density at radius 3 is 2.68 bits per heavy atom. The number of rotatable bonds is 8. The lowest BCUT2D eigenvalue weighted by atomic mass is 10.3. The second kappa shape index (κ2) is 7.72. The number of sulfonamides is 1. The maximum Gasteiger partial charge on any atom is 0.232 e. The molecule has 1 aromatic rings. The van der Waals surface area contributed by atoms with Crippen molar-refractivity contribution in [2.75, 3.05) is 30.7 Å². The summed E-state index contributed by atoms with van der Waals surface area (Å²) in [5, 5.41) is 3.09. The Hall–Kier alpha value is -0.790. The predicted octanol–water partition coefficient (Wildman–Crippen LogP) is 2.20. The lowest BCUT2D eigenvalue weighted by Crippen LogP contribution is -2.21. The summed E-state index contributed by atoms with van der Waals surface area (Å²) in [5.41, 5.74) is 0.495. The lowest BCUT2D eigenvalue weighted by Gasteiger charge is -2.10. The summed E-state index contributed by atoms with van der Waals surface area (Å²) < 4.78 is 32.2. The minimum absolute atomic E-state index is 0.0921. The van der Waals surface area contributed by atoms with E-state index in [0.29, 0.717) is 24.4 Å². The van der Waals surface area contributed by atoms with Crippen LogP contribution in [0.1, 0.15) is 13.3 Å². The van der Waals surface area contributed by atoms with Gasteiger partial charge in [-0.15, -0.1) is 0 Å². The van der Waals surface area contributed by atoms with Crippen LogP contribution < -0.4 is 14.8 Å². The van der Waals surface area contributed by atoms with Gasteiger partial charge in [-0.1, -0.05) is 22.9 Å². The van der Waals surface area contributed by atoms with E-state index in [1.54, 1.807) is 18.2 Å². The summed E-state index contributed by atoms with van der Waals surface area (Å²) >= 11 is 3.31. The van der Waals surface area contributed by atoms with Crippen LogP contribution in [-0.4, -0.2) is 34.4 Å². The first-order valence-electron chi connectivity index (χ1n) is 6.02. The van der Waals surface area contributed by atoms with Gasteiger partial charge in [-0.05, 0) is 31.6 Å². The molecule has 0 aliphatic carbocycles. The molecule has 0 saturated carbocycles. The third kappa shape index (κ3) is 6.26. The maximum atomic E-state index is 11.9. The molecular formula is C12H19BrN2O3S. The molecule has 2 N–H and O–H groups in total. The smallest absolute Gasteiger partial charge is 0.232 e. The second-order valence-corrected chi connectivity index (χ2v) is 6.77. The van der Waals surface area contributed by atoms with Crippen LogP contribution >= 0.6 is 15.9 Å². The fourth-order valence-corrected chi connectivity index (χ4v) is 3.11. The fraction of sp³-hybridized carbons (Fsp3) is 0.500. The highest BCUT2D eigenvalue weighted by molar-refractivity contribution is 9.10. The number of anilines is 1. The molecule has 1 aromatic carbocycles. The van der Waals surface area contributed by atoms with Gasteiger partial charge in [-0.2, -0.15) is 0 Å². The Labute approximate surface area is 122 Å². The minimum atomic E-state index is -3.32. The fourth-order valence-electron chi connectivity index (χ4n) is 1.53. The van der Waals surface area contributed by atoms with Crippen LogP contribution in [0, 0.1) is 0 Å². The third-order valence-corrected chi connectivity index (χ3v) is 4.23. The molecule has 0 atom stereocenters. The van der Waals surface area contributed by atoms with Crippen molar-refractivity contribution in [3.8, 4) is 5.75 Å². The molecule has 0 aromatic heterocycles. The maximum absolute atomic E-state index is 11.9. The largest absolute Gasteiger partial charge is 0.497 e. The van der Waals surface area contributed by atoms with Gasteiger partial charge in [0.2, 0.25) is 10.0 Å². The molecule has 1 rings (SSSR count). The number of hydrogen-bond acceptors (Lipinski definition) is 4. The molecule has 0 radical (unpaired) electrons. The molecule has 19 heavy (non-hydrogen) atoms. The van der Waals surface area contributed by atoms with E-state index in [1.165, 1.54) is 7.11 Å². The molecule has 0 unspecified atom stereocenters. The highest BCUT2D eigenvalue weighted by atomic mass is 79.9. The Bertz CT molecular complexity index is 506. The van der Waals surface area contributed by atoms with Gasteiger partial charge in [0.15, 0.2) is 0 Å². The normalized spacial score (nSPS) is 11.3. The van der Waals surface area contributed by atoms with Crippen LogP contribution in [0.3, 0.4) is 0 Å². The van der Waals surface area contributed by atoms with Crippen molar-refractivity contribution in [2.45, 2.75) is 13.3 Å². The number of nitrogens with one attached hydrogen (secondary N) is 2. The van der Waals surface area contributed by atoms with E-state index < -0.39 is 10.0 Å². The summed E-state index contributed by atoms with van der Waals surface area (Å²) in [6.07, 6.45) is 0.578. The molecule has 0 spiro atoms. The zero-order chi connectivity index (χ0) is 14.3. The van der Waals surface area contributed by atoms with Crippen molar-refractivity contribution in [2.24, 2.45) is 0 Å². The van der Waals surface area contributed by atoms with Crippen LogP contribution in [0.25, 0.3) is 0 Å². The van der Waals surface area contributed by atoms with E-state index in [-0.39, 0.29) is 5.75 Å². The van der Waals surface area contributed by atoms with Gasteiger partial charge in [0.05, 0.1) is 18.6 Å². The highest BCUT2D eigenvalue weighted by Crippen LogP contribution is 2.25. The first-order chi connectivity index (χ1) is 8.96. The zero-order valence-electron chi connectivity index (χ0n) is 11.1. The van der Waals surface area contributed by atoms with Crippen molar-refractivity contribution in [3.63, 3.8) is 0 Å². The van der Waals surface area contributed by atoms with Crippen molar-refractivity contribution in [1.82, 2.24) is 5.32 Å². The van der Waals surface area contributed by atoms with Crippen molar-refractivity contribution in [1.29, 1.82) is 0 Å². The molecule has 7 heteroatoms. The molecule has 0 heterocycles. The molecule has 0 saturated heterocycles. The van der Waals surface area contributed by atoms with E-state index in [2.05, 4.69) is 26.0 Å². The average Bonchev–Trinajstić information content (AvgIpc) is 2.33. The molecule has 108 valence electrons. The highest BCUT2D eigenvalue weighted by Gasteiger charge is 2.11. The van der Waals surface area contributed by atoms with Crippen molar-refractivity contribution < 1.29 is 13.2 Å². The van der Waals surface area contributed by atoms with Gasteiger partial charge < -0.3 is 10.1 Å². The van der Waals surface area contributed by atoms with Gasteiger partial charge in [-0.3, -0.25) is 4.72 Å². The SMILES string of the molecule is CCNCCCS(=O)(=O)Nc1cc(Br)cc(OC)c1. The van der Waals surface area contributed by atoms with Gasteiger partial charge in [0, 0.05) is 10.5 Å². The zero-order valence-corrected chi connectivity index (χ0v) is 13.5. The second-order valence-electron chi connectivity index (χ2n) is 4.01. The third-order valence-electron chi connectivity index (χ3n) is 2.40. The van der Waals surface area contributed by atoms with E-state index >= 15 is 0 Å². The quantitative estimate of drug-likeness (QED) is 0.705. The Balaban J connectivity index is 2.64. The number of benzene rings is 1. The predicted molar refractivity (Wildman–Crippen MR) is 81.3 cm³/mol. The van der Waals surface area contributed by atoms with E-state index in [1.807, 2.05) is 6.92 Å². The van der Waals surface area contributed by atoms with Gasteiger partial charge in [0.1, 0.15) is 5.75 Å². The molecule has 0 fully saturated rings. The van der Waals surface area contributed by atoms with Crippen LogP contribution in [-0.2, 0) is 10.0 Å². The Morgan fingerprint density at radius 1 is 1.32 bits per heavy atom. The molecule has 0 amide bonds. The van der Waals surface area contributed by atoms with Crippen molar-refractivity contribution >= 4 is 31.6 Å². The van der Waals surface area contributed by atoms with Crippen LogP contribution in [0.15, 0.2) is 22.7 Å². The Kier molecular flexibility index (Phi) is 6.60. The number of methoxy groups -OCH3 is 1. The molecule has 5 nitrogen and oxygen atoms in total. The summed E-state index contributed by atoms with van der Waals surface area (Å²) in [6, 6.07) is 5.11. The number of halogens is 1. The van der Waals surface area contributed by atoms with E-state index in [0.717, 1.165) is 11.0 Å². The summed E-state index contributed by atoms with van der Waals surface area (Å²) in [4.78, 5) is 0. The number of ether oxygens (including phenoxy) is 1. The topological polar surface area (TPSA) is 67.4 Å². The molecule has 0 aliphatic rings. The van der Waals surface area contributed by atoms with E-state index in [4.69, 9.17) is 4.74 Å². The summed E-state index contributed by atoms with van der Waals surface area (Å²) in [6.45, 7) is 3.52. The summed E-state index contributed by atoms with van der Waals surface area (Å²) in [5.74, 6) is 0.689. The molecule has 0 aliphatic heterocycles. The lowest BCUT2D eigenvalue weighted by molar-refractivity contribution is 0.415. The molecule has 0 bridgehead atoms.